The van der Waals surface area contributed by atoms with Gasteiger partial charge in [-0.2, -0.15) is 0 Å². The summed E-state index contributed by atoms with van der Waals surface area (Å²) < 4.78 is 56.4. The number of nitrogens with two attached hydrogens (primary N) is 1. The van der Waals surface area contributed by atoms with Crippen molar-refractivity contribution in [2.24, 2.45) is 5.14 Å². The van der Waals surface area contributed by atoms with Crippen molar-refractivity contribution in [3.05, 3.63) is 46.4 Å². The number of halogens is 1. The lowest BCUT2D eigenvalue weighted by atomic mass is 10.1. The zero-order chi connectivity index (χ0) is 19.3. The molecule has 3 rings (SSSR count). The summed E-state index contributed by atoms with van der Waals surface area (Å²) in [5.74, 6) is 0.525. The first-order chi connectivity index (χ1) is 12.1. The smallest absolute Gasteiger partial charge is 0.264 e. The Morgan fingerprint density at radius 2 is 1.77 bits per heavy atom. The molecule has 1 aliphatic heterocycles. The van der Waals surface area contributed by atoms with Crippen LogP contribution in [0.15, 0.2) is 50.7 Å². The van der Waals surface area contributed by atoms with E-state index in [1.54, 1.807) is 13.0 Å². The van der Waals surface area contributed by atoms with Gasteiger partial charge in [-0.25, -0.2) is 22.0 Å². The lowest BCUT2D eigenvalue weighted by Gasteiger charge is -2.24. The molecule has 2 aromatic carbocycles. The van der Waals surface area contributed by atoms with Gasteiger partial charge in [0.05, 0.1) is 27.1 Å². The Labute approximate surface area is 161 Å². The highest BCUT2D eigenvalue weighted by Gasteiger charge is 2.36. The molecule has 1 aliphatic rings. The van der Waals surface area contributed by atoms with Crippen molar-refractivity contribution in [3.8, 4) is 5.75 Å². The van der Waals surface area contributed by atoms with Crippen LogP contribution in [0.5, 0.6) is 5.75 Å². The molecule has 0 saturated heterocycles. The topological polar surface area (TPSA) is 107 Å². The third kappa shape index (κ3) is 3.22. The molecule has 26 heavy (non-hydrogen) atoms. The maximum absolute atomic E-state index is 13.2. The Kier molecular flexibility index (Phi) is 4.80. The van der Waals surface area contributed by atoms with Crippen LogP contribution in [0.3, 0.4) is 0 Å². The van der Waals surface area contributed by atoms with Crippen molar-refractivity contribution in [2.75, 3.05) is 11.4 Å². The van der Waals surface area contributed by atoms with Gasteiger partial charge in [-0.05, 0) is 71.2 Å². The van der Waals surface area contributed by atoms with Crippen LogP contribution < -0.4 is 14.2 Å². The van der Waals surface area contributed by atoms with E-state index < -0.39 is 20.0 Å². The number of anilines is 1. The van der Waals surface area contributed by atoms with Crippen molar-refractivity contribution in [1.82, 2.24) is 0 Å². The van der Waals surface area contributed by atoms with Crippen molar-refractivity contribution in [2.45, 2.75) is 29.2 Å². The van der Waals surface area contributed by atoms with Crippen molar-refractivity contribution < 1.29 is 21.6 Å². The van der Waals surface area contributed by atoms with Crippen LogP contribution in [0, 0.1) is 0 Å². The molecule has 0 unspecified atom stereocenters. The minimum absolute atomic E-state index is 0.0325. The predicted octanol–water partition coefficient (Wildman–Crippen LogP) is 2.25. The Balaban J connectivity index is 2.09. The number of hydrogen-bond donors (Lipinski definition) is 1. The average molecular weight is 461 g/mol. The summed E-state index contributed by atoms with van der Waals surface area (Å²) >= 11 is 3.30. The SMILES string of the molecule is COc1ccc(S(=O)(=O)N2c3ccc(S(N)(=O)=O)cc3C[C@@H]2C)cc1Br. The van der Waals surface area contributed by atoms with Gasteiger partial charge < -0.3 is 4.74 Å². The summed E-state index contributed by atoms with van der Waals surface area (Å²) in [6.07, 6.45) is 0.398. The first-order valence-corrected chi connectivity index (χ1v) is 11.4. The van der Waals surface area contributed by atoms with Gasteiger partial charge in [0.1, 0.15) is 5.75 Å². The van der Waals surface area contributed by atoms with E-state index in [2.05, 4.69) is 15.9 Å². The summed E-state index contributed by atoms with van der Waals surface area (Å²) in [6.45, 7) is 1.77. The second-order valence-electron chi connectivity index (χ2n) is 5.99. The molecule has 0 radical (unpaired) electrons. The number of fused-ring (bicyclic) bond motifs is 1. The Morgan fingerprint density at radius 3 is 2.35 bits per heavy atom. The summed E-state index contributed by atoms with van der Waals surface area (Å²) in [7, 11) is -6.18. The zero-order valence-electron chi connectivity index (χ0n) is 14.0. The molecule has 2 N–H and O–H groups in total. The third-order valence-corrected chi connectivity index (χ3v) is 7.67. The fourth-order valence-corrected chi connectivity index (χ4v) is 6.02. The quantitative estimate of drug-likeness (QED) is 0.752. The van der Waals surface area contributed by atoms with Crippen LogP contribution in [0.25, 0.3) is 0 Å². The van der Waals surface area contributed by atoms with Gasteiger partial charge in [0.25, 0.3) is 10.0 Å². The molecular weight excluding hydrogens is 444 g/mol. The molecule has 1 atom stereocenters. The lowest BCUT2D eigenvalue weighted by molar-refractivity contribution is 0.411. The predicted molar refractivity (Wildman–Crippen MR) is 101 cm³/mol. The third-order valence-electron chi connectivity index (χ3n) is 4.21. The normalized spacial score (nSPS) is 17.2. The van der Waals surface area contributed by atoms with E-state index in [0.717, 1.165) is 0 Å². The van der Waals surface area contributed by atoms with Crippen LogP contribution in [0.1, 0.15) is 12.5 Å². The first-order valence-electron chi connectivity index (χ1n) is 7.59. The Bertz CT molecular complexity index is 1080. The number of nitrogens with zero attached hydrogens (tertiary/aromatic N) is 1. The molecule has 10 heteroatoms. The van der Waals surface area contributed by atoms with Gasteiger partial charge in [-0.3, -0.25) is 4.31 Å². The molecule has 0 bridgehead atoms. The van der Waals surface area contributed by atoms with Crippen LogP contribution >= 0.6 is 15.9 Å². The van der Waals surface area contributed by atoms with E-state index in [4.69, 9.17) is 9.88 Å². The lowest BCUT2D eigenvalue weighted by Crippen LogP contribution is -2.35. The van der Waals surface area contributed by atoms with E-state index >= 15 is 0 Å². The minimum Gasteiger partial charge on any atom is -0.496 e. The number of sulfonamides is 2. The molecule has 140 valence electrons. The fourth-order valence-electron chi connectivity index (χ4n) is 3.04. The summed E-state index contributed by atoms with van der Waals surface area (Å²) in [4.78, 5) is 0.0790. The monoisotopic (exact) mass is 460 g/mol. The number of hydrogen-bond acceptors (Lipinski definition) is 5. The van der Waals surface area contributed by atoms with E-state index in [1.807, 2.05) is 0 Å². The number of benzene rings is 2. The fraction of sp³-hybridized carbons (Fsp3) is 0.250. The number of methoxy groups -OCH3 is 1. The second kappa shape index (κ2) is 6.52. The summed E-state index contributed by atoms with van der Waals surface area (Å²) in [5.41, 5.74) is 1.08. The Morgan fingerprint density at radius 1 is 1.12 bits per heavy atom. The van der Waals surface area contributed by atoms with Crippen LogP contribution in [0.2, 0.25) is 0 Å². The second-order valence-corrected chi connectivity index (χ2v) is 10.2. The standard InChI is InChI=1S/C16H17BrN2O5S2/c1-10-7-11-8-12(25(18,20)21)3-5-15(11)19(10)26(22,23)13-4-6-16(24-2)14(17)9-13/h3-6,8-10H,7H2,1-2H3,(H2,18,20,21)/t10-/m0/s1. The number of primary sulfonamides is 1. The minimum atomic E-state index is -3.85. The maximum atomic E-state index is 13.2. The molecule has 0 aromatic heterocycles. The van der Waals surface area contributed by atoms with Gasteiger partial charge >= 0.3 is 0 Å². The van der Waals surface area contributed by atoms with E-state index in [9.17, 15) is 16.8 Å². The largest absolute Gasteiger partial charge is 0.496 e. The van der Waals surface area contributed by atoms with Crippen LogP contribution in [-0.2, 0) is 26.5 Å². The average Bonchev–Trinajstić information content (AvgIpc) is 2.89. The molecule has 2 aromatic rings. The van der Waals surface area contributed by atoms with Gasteiger partial charge in [0.2, 0.25) is 10.0 Å². The molecule has 0 spiro atoms. The highest BCUT2D eigenvalue weighted by atomic mass is 79.9. The summed E-state index contributed by atoms with van der Waals surface area (Å²) in [6, 6.07) is 8.41. The van der Waals surface area contributed by atoms with E-state index in [-0.39, 0.29) is 15.8 Å². The molecule has 0 fully saturated rings. The molecule has 0 saturated carbocycles. The van der Waals surface area contributed by atoms with Crippen molar-refractivity contribution in [3.63, 3.8) is 0 Å². The number of ether oxygens (including phenoxy) is 1. The molecule has 0 aliphatic carbocycles. The molecular formula is C16H17BrN2O5S2. The highest BCUT2D eigenvalue weighted by molar-refractivity contribution is 9.10. The van der Waals surface area contributed by atoms with Gasteiger partial charge in [0, 0.05) is 6.04 Å². The van der Waals surface area contributed by atoms with E-state index in [1.165, 1.54) is 41.7 Å². The maximum Gasteiger partial charge on any atom is 0.264 e. The van der Waals surface area contributed by atoms with Gasteiger partial charge in [-0.15, -0.1) is 0 Å². The molecule has 7 nitrogen and oxygen atoms in total. The van der Waals surface area contributed by atoms with Crippen LogP contribution in [-0.4, -0.2) is 30.0 Å². The van der Waals surface area contributed by atoms with Gasteiger partial charge in [-0.1, -0.05) is 0 Å². The van der Waals surface area contributed by atoms with Crippen LogP contribution in [0.4, 0.5) is 5.69 Å². The molecule has 1 heterocycles. The zero-order valence-corrected chi connectivity index (χ0v) is 17.2. The van der Waals surface area contributed by atoms with E-state index in [0.29, 0.717) is 27.9 Å². The summed E-state index contributed by atoms with van der Waals surface area (Å²) in [5, 5.41) is 5.16. The highest BCUT2D eigenvalue weighted by Crippen LogP contribution is 2.39. The van der Waals surface area contributed by atoms with Crippen molar-refractivity contribution >= 4 is 41.7 Å². The molecule has 0 amide bonds. The number of rotatable bonds is 4. The Hall–Kier alpha value is -1.62. The van der Waals surface area contributed by atoms with Gasteiger partial charge in [0.15, 0.2) is 0 Å². The first kappa shape index (κ1) is 19.2. The van der Waals surface area contributed by atoms with Crippen molar-refractivity contribution in [1.29, 1.82) is 0 Å².